The van der Waals surface area contributed by atoms with Gasteiger partial charge in [-0.1, -0.05) is 11.6 Å². The molecular formula is C14H19ClN2O3S. The van der Waals surface area contributed by atoms with Gasteiger partial charge < -0.3 is 9.64 Å². The highest BCUT2D eigenvalue weighted by atomic mass is 35.5. The highest BCUT2D eigenvalue weighted by Gasteiger charge is 2.33. The first-order valence-corrected chi connectivity index (χ1v) is 8.00. The van der Waals surface area contributed by atoms with Gasteiger partial charge in [0, 0.05) is 11.9 Å². The van der Waals surface area contributed by atoms with E-state index in [2.05, 4.69) is 0 Å². The Bertz CT molecular complexity index is 520. The van der Waals surface area contributed by atoms with E-state index in [0.29, 0.717) is 6.54 Å². The molecular weight excluding hydrogens is 312 g/mol. The molecule has 1 saturated heterocycles. The van der Waals surface area contributed by atoms with Crippen molar-refractivity contribution in [2.24, 2.45) is 0 Å². The predicted octanol–water partition coefficient (Wildman–Crippen LogP) is 2.00. The smallest absolute Gasteiger partial charge is 0.323 e. The number of likely N-dealkylation sites (tertiary alicyclic amines) is 1. The van der Waals surface area contributed by atoms with E-state index in [1.54, 1.807) is 11.9 Å². The first kappa shape index (κ1) is 16.3. The molecule has 0 N–H and O–H groups in total. The minimum Gasteiger partial charge on any atom is -0.468 e. The van der Waals surface area contributed by atoms with Crippen LogP contribution in [0.15, 0.2) is 12.1 Å². The molecule has 1 aliphatic heterocycles. The lowest BCUT2D eigenvalue weighted by Crippen LogP contribution is -2.43. The van der Waals surface area contributed by atoms with Crippen molar-refractivity contribution in [2.75, 3.05) is 27.2 Å². The van der Waals surface area contributed by atoms with Gasteiger partial charge in [-0.05, 0) is 31.5 Å². The molecule has 0 bridgehead atoms. The summed E-state index contributed by atoms with van der Waals surface area (Å²) in [7, 11) is 3.15. The Labute approximate surface area is 133 Å². The summed E-state index contributed by atoms with van der Waals surface area (Å²) in [6, 6.07) is 3.46. The molecule has 0 aliphatic carbocycles. The van der Waals surface area contributed by atoms with Gasteiger partial charge in [0.1, 0.15) is 6.04 Å². The number of methoxy groups -OCH3 is 1. The van der Waals surface area contributed by atoms with Crippen LogP contribution in [0, 0.1) is 0 Å². The fraction of sp³-hybridized carbons (Fsp3) is 0.571. The van der Waals surface area contributed by atoms with Crippen LogP contribution in [-0.4, -0.2) is 55.0 Å². The second-order valence-electron chi connectivity index (χ2n) is 5.11. The van der Waals surface area contributed by atoms with Crippen LogP contribution in [0.5, 0.6) is 0 Å². The van der Waals surface area contributed by atoms with Crippen molar-refractivity contribution in [2.45, 2.75) is 25.4 Å². The second-order valence-corrected chi connectivity index (χ2v) is 6.91. The van der Waals surface area contributed by atoms with E-state index >= 15 is 0 Å². The SMILES string of the molecule is COC(=O)C1CCCN1CC(=O)N(C)Cc1ccc(Cl)s1. The number of ether oxygens (including phenoxy) is 1. The molecule has 1 fully saturated rings. The van der Waals surface area contributed by atoms with Gasteiger partial charge in [-0.15, -0.1) is 11.3 Å². The zero-order valence-corrected chi connectivity index (χ0v) is 13.7. The lowest BCUT2D eigenvalue weighted by atomic mass is 10.2. The van der Waals surface area contributed by atoms with E-state index in [-0.39, 0.29) is 24.5 Å². The molecule has 7 heteroatoms. The normalized spacial score (nSPS) is 18.7. The number of hydrogen-bond acceptors (Lipinski definition) is 5. The number of thiophene rings is 1. The first-order valence-electron chi connectivity index (χ1n) is 6.81. The van der Waals surface area contributed by atoms with Gasteiger partial charge in [0.2, 0.25) is 5.91 Å². The third-order valence-corrected chi connectivity index (χ3v) is 4.84. The largest absolute Gasteiger partial charge is 0.468 e. The Morgan fingerprint density at radius 2 is 2.29 bits per heavy atom. The second kappa shape index (κ2) is 7.24. The quantitative estimate of drug-likeness (QED) is 0.775. The Morgan fingerprint density at radius 3 is 2.90 bits per heavy atom. The van der Waals surface area contributed by atoms with Crippen LogP contribution < -0.4 is 0 Å². The molecule has 1 aromatic rings. The average Bonchev–Trinajstić information content (AvgIpc) is 3.07. The van der Waals surface area contributed by atoms with Crippen molar-refractivity contribution in [1.29, 1.82) is 0 Å². The van der Waals surface area contributed by atoms with Gasteiger partial charge in [0.25, 0.3) is 0 Å². The lowest BCUT2D eigenvalue weighted by Gasteiger charge is -2.24. The van der Waals surface area contributed by atoms with Crippen molar-refractivity contribution in [1.82, 2.24) is 9.80 Å². The van der Waals surface area contributed by atoms with E-state index in [0.717, 1.165) is 28.6 Å². The van der Waals surface area contributed by atoms with Crippen molar-refractivity contribution in [3.8, 4) is 0 Å². The molecule has 21 heavy (non-hydrogen) atoms. The Morgan fingerprint density at radius 1 is 1.52 bits per heavy atom. The van der Waals surface area contributed by atoms with Gasteiger partial charge >= 0.3 is 5.97 Å². The molecule has 2 rings (SSSR count). The van der Waals surface area contributed by atoms with E-state index in [9.17, 15) is 9.59 Å². The topological polar surface area (TPSA) is 49.9 Å². The van der Waals surface area contributed by atoms with Gasteiger partial charge in [-0.25, -0.2) is 0 Å². The molecule has 0 spiro atoms. The van der Waals surface area contributed by atoms with E-state index < -0.39 is 0 Å². The summed E-state index contributed by atoms with van der Waals surface area (Å²) in [4.78, 5) is 28.5. The maximum absolute atomic E-state index is 12.3. The molecule has 5 nitrogen and oxygen atoms in total. The summed E-state index contributed by atoms with van der Waals surface area (Å²) >= 11 is 7.36. The molecule has 116 valence electrons. The summed E-state index contributed by atoms with van der Waals surface area (Å²) in [6.45, 7) is 1.53. The lowest BCUT2D eigenvalue weighted by molar-refractivity contribution is -0.146. The zero-order valence-electron chi connectivity index (χ0n) is 12.2. The molecule has 2 heterocycles. The maximum atomic E-state index is 12.3. The number of hydrogen-bond donors (Lipinski definition) is 0. The van der Waals surface area contributed by atoms with Crippen molar-refractivity contribution in [3.63, 3.8) is 0 Å². The van der Waals surface area contributed by atoms with E-state index in [1.807, 2.05) is 17.0 Å². The fourth-order valence-corrected chi connectivity index (χ4v) is 3.61. The van der Waals surface area contributed by atoms with E-state index in [4.69, 9.17) is 16.3 Å². The van der Waals surface area contributed by atoms with Gasteiger partial charge in [0.15, 0.2) is 0 Å². The number of carbonyl (C=O) groups excluding carboxylic acids is 2. The molecule has 0 aromatic carbocycles. The van der Waals surface area contributed by atoms with Crippen molar-refractivity contribution < 1.29 is 14.3 Å². The molecule has 1 amide bonds. The van der Waals surface area contributed by atoms with Crippen LogP contribution in [0.2, 0.25) is 4.34 Å². The van der Waals surface area contributed by atoms with Crippen molar-refractivity contribution in [3.05, 3.63) is 21.3 Å². The van der Waals surface area contributed by atoms with Crippen LogP contribution in [-0.2, 0) is 20.9 Å². The summed E-state index contributed by atoms with van der Waals surface area (Å²) < 4.78 is 5.50. The number of nitrogens with zero attached hydrogens (tertiary/aromatic N) is 2. The Hall–Kier alpha value is -1.11. The summed E-state index contributed by atoms with van der Waals surface area (Å²) in [6.07, 6.45) is 1.67. The van der Waals surface area contributed by atoms with Gasteiger partial charge in [-0.3, -0.25) is 14.5 Å². The molecule has 0 radical (unpaired) electrons. The molecule has 1 atom stereocenters. The first-order chi connectivity index (χ1) is 10.0. The van der Waals surface area contributed by atoms with Crippen LogP contribution in [0.4, 0.5) is 0 Å². The third-order valence-electron chi connectivity index (χ3n) is 3.62. The number of likely N-dealkylation sites (N-methyl/N-ethyl adjacent to an activating group) is 1. The number of rotatable bonds is 5. The monoisotopic (exact) mass is 330 g/mol. The number of halogens is 1. The highest BCUT2D eigenvalue weighted by molar-refractivity contribution is 7.16. The molecule has 0 saturated carbocycles. The van der Waals surface area contributed by atoms with Crippen LogP contribution in [0.25, 0.3) is 0 Å². The van der Waals surface area contributed by atoms with Gasteiger partial charge in [0.05, 0.1) is 24.5 Å². The molecule has 1 aliphatic rings. The summed E-state index contributed by atoms with van der Waals surface area (Å²) in [5.41, 5.74) is 0. The third kappa shape index (κ3) is 4.18. The van der Waals surface area contributed by atoms with E-state index in [1.165, 1.54) is 18.4 Å². The Balaban J connectivity index is 1.89. The minimum atomic E-state index is -0.288. The average molecular weight is 331 g/mol. The van der Waals surface area contributed by atoms with Gasteiger partial charge in [-0.2, -0.15) is 0 Å². The van der Waals surface area contributed by atoms with Crippen LogP contribution >= 0.6 is 22.9 Å². The zero-order chi connectivity index (χ0) is 15.4. The number of carbonyl (C=O) groups is 2. The minimum absolute atomic E-state index is 0.00433. The number of amides is 1. The Kier molecular flexibility index (Phi) is 5.61. The van der Waals surface area contributed by atoms with Crippen molar-refractivity contribution >= 4 is 34.8 Å². The number of esters is 1. The summed E-state index contributed by atoms with van der Waals surface area (Å²) in [5, 5.41) is 0. The predicted molar refractivity (Wildman–Crippen MR) is 82.4 cm³/mol. The maximum Gasteiger partial charge on any atom is 0.323 e. The molecule has 1 unspecified atom stereocenters. The molecule has 1 aromatic heterocycles. The highest BCUT2D eigenvalue weighted by Crippen LogP contribution is 2.23. The van der Waals surface area contributed by atoms with Crippen LogP contribution in [0.3, 0.4) is 0 Å². The fourth-order valence-electron chi connectivity index (χ4n) is 2.47. The standard InChI is InChI=1S/C14H19ClN2O3S/c1-16(8-10-5-6-12(15)21-10)13(18)9-17-7-3-4-11(17)14(19)20-2/h5-6,11H,3-4,7-9H2,1-2H3. The van der Waals surface area contributed by atoms with Crippen LogP contribution in [0.1, 0.15) is 17.7 Å². The summed E-state index contributed by atoms with van der Waals surface area (Å²) in [5.74, 6) is -0.261.